The predicted octanol–water partition coefficient (Wildman–Crippen LogP) is 4.33. The Morgan fingerprint density at radius 1 is 1.11 bits per heavy atom. The molecule has 0 amide bonds. The first kappa shape index (κ1) is 14.4. The molecule has 1 aromatic rings. The Hall–Kier alpha value is -1.64. The largest absolute Gasteiger partial charge is 0.476 e. The normalized spacial score (nSPS) is 12.3. The summed E-state index contributed by atoms with van der Waals surface area (Å²) in [5.41, 5.74) is 2.78. The van der Waals surface area contributed by atoms with E-state index in [0.29, 0.717) is 17.4 Å². The van der Waals surface area contributed by atoms with Crippen LogP contribution in [0.25, 0.3) is 6.08 Å². The number of hydrogen-bond acceptors (Lipinski definition) is 1. The van der Waals surface area contributed by atoms with Crippen molar-refractivity contribution in [3.05, 3.63) is 40.7 Å². The molecule has 0 spiro atoms. The summed E-state index contributed by atoms with van der Waals surface area (Å²) in [7, 11) is 0. The zero-order valence-corrected chi connectivity index (χ0v) is 11.2. The van der Waals surface area contributed by atoms with Crippen LogP contribution in [0.4, 0.5) is 4.39 Å². The van der Waals surface area contributed by atoms with E-state index in [9.17, 15) is 9.18 Å². The number of carboxylic acid groups (broad SMARTS) is 1. The Labute approximate surface area is 107 Å². The zero-order valence-electron chi connectivity index (χ0n) is 11.2. The summed E-state index contributed by atoms with van der Waals surface area (Å²) in [6.07, 6.45) is 1.07. The molecule has 0 saturated heterocycles. The lowest BCUT2D eigenvalue weighted by Gasteiger charge is -2.12. The summed E-state index contributed by atoms with van der Waals surface area (Å²) in [5, 5.41) is 8.56. The Morgan fingerprint density at radius 2 is 1.56 bits per heavy atom. The molecule has 0 aliphatic carbocycles. The second kappa shape index (κ2) is 5.80. The van der Waals surface area contributed by atoms with E-state index in [1.165, 1.54) is 0 Å². The molecule has 0 aliphatic heterocycles. The Balaban J connectivity index is 3.27. The Kier molecular flexibility index (Phi) is 4.65. The SMILES string of the molecule is CC(C)c1cc(C=C(F)C(=O)O)cc(C(C)C)c1. The van der Waals surface area contributed by atoms with E-state index in [1.807, 2.05) is 12.1 Å². The van der Waals surface area contributed by atoms with Crippen LogP contribution >= 0.6 is 0 Å². The van der Waals surface area contributed by atoms with Crippen molar-refractivity contribution in [1.29, 1.82) is 0 Å². The first-order valence-electron chi connectivity index (χ1n) is 6.06. The maximum Gasteiger partial charge on any atom is 0.364 e. The average molecular weight is 250 g/mol. The minimum atomic E-state index is -1.53. The van der Waals surface area contributed by atoms with Gasteiger partial charge in [-0.1, -0.05) is 45.9 Å². The molecule has 0 saturated carbocycles. The molecule has 0 radical (unpaired) electrons. The standard InChI is InChI=1S/C15H19FO2/c1-9(2)12-5-11(7-14(16)15(17)18)6-13(8-12)10(3)4/h5-10H,1-4H3,(H,17,18). The topological polar surface area (TPSA) is 37.3 Å². The fourth-order valence-corrected chi connectivity index (χ4v) is 1.66. The van der Waals surface area contributed by atoms with Crippen LogP contribution < -0.4 is 0 Å². The van der Waals surface area contributed by atoms with Crippen LogP contribution in [0.1, 0.15) is 56.2 Å². The highest BCUT2D eigenvalue weighted by atomic mass is 19.1. The molecule has 2 nitrogen and oxygen atoms in total. The maximum absolute atomic E-state index is 13.1. The number of carbonyl (C=O) groups is 1. The van der Waals surface area contributed by atoms with E-state index in [4.69, 9.17) is 5.11 Å². The number of hydrogen-bond donors (Lipinski definition) is 1. The lowest BCUT2D eigenvalue weighted by molar-refractivity contribution is -0.134. The van der Waals surface area contributed by atoms with E-state index in [0.717, 1.165) is 17.2 Å². The maximum atomic E-state index is 13.1. The molecule has 0 unspecified atom stereocenters. The highest BCUT2D eigenvalue weighted by Crippen LogP contribution is 2.24. The van der Waals surface area contributed by atoms with Gasteiger partial charge in [0.05, 0.1) is 0 Å². The molecule has 18 heavy (non-hydrogen) atoms. The molecule has 3 heteroatoms. The third-order valence-corrected chi connectivity index (χ3v) is 2.83. The lowest BCUT2D eigenvalue weighted by Crippen LogP contribution is -1.97. The smallest absolute Gasteiger partial charge is 0.364 e. The molecule has 1 N–H and O–H groups in total. The number of halogens is 1. The molecular weight excluding hydrogens is 231 g/mol. The van der Waals surface area contributed by atoms with Gasteiger partial charge in [-0.25, -0.2) is 4.79 Å². The molecule has 1 rings (SSSR count). The van der Waals surface area contributed by atoms with Crippen LogP contribution in [0, 0.1) is 0 Å². The highest BCUT2D eigenvalue weighted by molar-refractivity contribution is 5.89. The Morgan fingerprint density at radius 3 is 1.89 bits per heavy atom. The van der Waals surface area contributed by atoms with Gasteiger partial charge >= 0.3 is 5.97 Å². The first-order chi connectivity index (χ1) is 8.31. The van der Waals surface area contributed by atoms with Crippen molar-refractivity contribution < 1.29 is 14.3 Å². The fraction of sp³-hybridized carbons (Fsp3) is 0.400. The molecule has 0 aromatic heterocycles. The summed E-state index contributed by atoms with van der Waals surface area (Å²) in [6, 6.07) is 5.75. The molecule has 1 aromatic carbocycles. The lowest BCUT2D eigenvalue weighted by atomic mass is 9.93. The quantitative estimate of drug-likeness (QED) is 0.807. The third-order valence-electron chi connectivity index (χ3n) is 2.83. The van der Waals surface area contributed by atoms with E-state index in [1.54, 1.807) is 0 Å². The average Bonchev–Trinajstić information content (AvgIpc) is 2.28. The van der Waals surface area contributed by atoms with Crippen LogP contribution in [0.15, 0.2) is 24.0 Å². The van der Waals surface area contributed by atoms with Crippen LogP contribution in [0.2, 0.25) is 0 Å². The molecule has 0 atom stereocenters. The molecule has 0 heterocycles. The summed E-state index contributed by atoms with van der Waals surface area (Å²) in [4.78, 5) is 10.5. The van der Waals surface area contributed by atoms with Gasteiger partial charge in [0, 0.05) is 0 Å². The highest BCUT2D eigenvalue weighted by Gasteiger charge is 2.09. The molecular formula is C15H19FO2. The summed E-state index contributed by atoms with van der Waals surface area (Å²) >= 11 is 0. The van der Waals surface area contributed by atoms with Crippen LogP contribution in [0.3, 0.4) is 0 Å². The van der Waals surface area contributed by atoms with Crippen molar-refractivity contribution >= 4 is 12.0 Å². The summed E-state index contributed by atoms with van der Waals surface area (Å²) in [5.74, 6) is -2.02. The summed E-state index contributed by atoms with van der Waals surface area (Å²) < 4.78 is 13.1. The van der Waals surface area contributed by atoms with Crippen molar-refractivity contribution in [2.24, 2.45) is 0 Å². The van der Waals surface area contributed by atoms with Gasteiger partial charge in [0.25, 0.3) is 0 Å². The Bertz CT molecular complexity index is 447. The zero-order chi connectivity index (χ0) is 13.9. The monoisotopic (exact) mass is 250 g/mol. The van der Waals surface area contributed by atoms with Gasteiger partial charge in [-0.2, -0.15) is 4.39 Å². The number of rotatable bonds is 4. The molecule has 0 fully saturated rings. The fourth-order valence-electron chi connectivity index (χ4n) is 1.66. The van der Waals surface area contributed by atoms with E-state index < -0.39 is 11.8 Å². The first-order valence-corrected chi connectivity index (χ1v) is 6.06. The van der Waals surface area contributed by atoms with Crippen LogP contribution in [-0.4, -0.2) is 11.1 Å². The number of aliphatic carboxylic acids is 1. The van der Waals surface area contributed by atoms with Crippen molar-refractivity contribution in [3.63, 3.8) is 0 Å². The van der Waals surface area contributed by atoms with Gasteiger partial charge in [-0.15, -0.1) is 0 Å². The van der Waals surface area contributed by atoms with E-state index in [2.05, 4.69) is 33.8 Å². The van der Waals surface area contributed by atoms with Crippen molar-refractivity contribution in [1.82, 2.24) is 0 Å². The van der Waals surface area contributed by atoms with Crippen LogP contribution in [-0.2, 0) is 4.79 Å². The van der Waals surface area contributed by atoms with Crippen LogP contribution in [0.5, 0.6) is 0 Å². The van der Waals surface area contributed by atoms with Gasteiger partial charge in [0.1, 0.15) is 0 Å². The number of carboxylic acids is 1. The second-order valence-corrected chi connectivity index (χ2v) is 5.04. The van der Waals surface area contributed by atoms with Gasteiger partial charge in [0.2, 0.25) is 5.83 Å². The molecule has 98 valence electrons. The summed E-state index contributed by atoms with van der Waals surface area (Å²) in [6.45, 7) is 8.22. The van der Waals surface area contributed by atoms with Gasteiger partial charge in [0.15, 0.2) is 0 Å². The van der Waals surface area contributed by atoms with E-state index >= 15 is 0 Å². The van der Waals surface area contributed by atoms with Crippen molar-refractivity contribution in [2.45, 2.75) is 39.5 Å². The molecule has 0 bridgehead atoms. The van der Waals surface area contributed by atoms with Gasteiger partial charge in [-0.05, 0) is 34.6 Å². The molecule has 0 aliphatic rings. The predicted molar refractivity (Wildman–Crippen MR) is 71.3 cm³/mol. The minimum absolute atomic E-state index is 0.323. The van der Waals surface area contributed by atoms with E-state index in [-0.39, 0.29) is 0 Å². The van der Waals surface area contributed by atoms with Gasteiger partial charge < -0.3 is 5.11 Å². The third kappa shape index (κ3) is 3.69. The van der Waals surface area contributed by atoms with Crippen molar-refractivity contribution in [3.8, 4) is 0 Å². The van der Waals surface area contributed by atoms with Gasteiger partial charge in [-0.3, -0.25) is 0 Å². The van der Waals surface area contributed by atoms with Crippen molar-refractivity contribution in [2.75, 3.05) is 0 Å². The minimum Gasteiger partial charge on any atom is -0.476 e. The second-order valence-electron chi connectivity index (χ2n) is 5.04. The number of benzene rings is 1.